The second-order valence-electron chi connectivity index (χ2n) is 4.30. The number of thiophene rings is 1. The molecule has 0 saturated carbocycles. The van der Waals surface area contributed by atoms with E-state index in [0.29, 0.717) is 18.0 Å². The number of carbonyl (C=O) groups excluding carboxylic acids is 1. The maximum atomic E-state index is 11.9. The van der Waals surface area contributed by atoms with Crippen LogP contribution in [-0.2, 0) is 4.79 Å². The van der Waals surface area contributed by atoms with Crippen molar-refractivity contribution in [2.24, 2.45) is 5.92 Å². The van der Waals surface area contributed by atoms with Gasteiger partial charge >= 0.3 is 5.97 Å². The summed E-state index contributed by atoms with van der Waals surface area (Å²) in [5.41, 5.74) is 0.584. The van der Waals surface area contributed by atoms with E-state index in [2.05, 4.69) is 19.2 Å². The number of amides is 1. The summed E-state index contributed by atoms with van der Waals surface area (Å²) in [5.74, 6) is -0.583. The summed E-state index contributed by atoms with van der Waals surface area (Å²) < 4.78 is 0. The first-order valence-corrected chi connectivity index (χ1v) is 7.22. The maximum Gasteiger partial charge on any atom is 0.328 e. The number of hydrogen-bond acceptors (Lipinski definition) is 3. The van der Waals surface area contributed by atoms with Crippen molar-refractivity contribution in [3.8, 4) is 0 Å². The van der Waals surface area contributed by atoms with Crippen LogP contribution in [0.15, 0.2) is 17.5 Å². The lowest BCUT2D eigenvalue weighted by Gasteiger charge is -2.12. The lowest BCUT2D eigenvalue weighted by molar-refractivity contribution is -0.131. The number of carboxylic acids is 1. The van der Waals surface area contributed by atoms with E-state index in [-0.39, 0.29) is 5.91 Å². The van der Waals surface area contributed by atoms with Crippen molar-refractivity contribution < 1.29 is 14.7 Å². The highest BCUT2D eigenvalue weighted by molar-refractivity contribution is 7.11. The van der Waals surface area contributed by atoms with Crippen molar-refractivity contribution >= 4 is 29.3 Å². The maximum absolute atomic E-state index is 11.9. The first-order valence-electron chi connectivity index (χ1n) is 6.34. The van der Waals surface area contributed by atoms with Crippen LogP contribution in [0.5, 0.6) is 0 Å². The predicted molar refractivity (Wildman–Crippen MR) is 77.4 cm³/mol. The third-order valence-corrected chi connectivity index (χ3v) is 3.88. The average molecular weight is 281 g/mol. The van der Waals surface area contributed by atoms with Gasteiger partial charge in [0.25, 0.3) is 5.91 Å². The van der Waals surface area contributed by atoms with Gasteiger partial charge in [-0.2, -0.15) is 0 Å². The summed E-state index contributed by atoms with van der Waals surface area (Å²) in [6, 6.07) is 1.70. The number of aliphatic carboxylic acids is 1. The number of carbonyl (C=O) groups is 2. The van der Waals surface area contributed by atoms with Gasteiger partial charge in [-0.3, -0.25) is 4.79 Å². The number of carboxylic acid groups (broad SMARTS) is 1. The number of hydrogen-bond donors (Lipinski definition) is 2. The summed E-state index contributed by atoms with van der Waals surface area (Å²) in [5, 5.41) is 13.2. The minimum Gasteiger partial charge on any atom is -0.478 e. The minimum absolute atomic E-state index is 0.0990. The van der Waals surface area contributed by atoms with Gasteiger partial charge in [-0.1, -0.05) is 26.7 Å². The fraction of sp³-hybridized carbons (Fsp3) is 0.429. The van der Waals surface area contributed by atoms with Crippen LogP contribution in [0.2, 0.25) is 0 Å². The molecule has 5 heteroatoms. The molecule has 1 amide bonds. The highest BCUT2D eigenvalue weighted by Crippen LogP contribution is 2.16. The molecule has 0 unspecified atom stereocenters. The average Bonchev–Trinajstić information content (AvgIpc) is 2.86. The Labute approximate surface area is 117 Å². The van der Waals surface area contributed by atoms with E-state index in [4.69, 9.17) is 5.11 Å². The Hall–Kier alpha value is -1.62. The molecule has 1 rings (SSSR count). The molecule has 2 N–H and O–H groups in total. The van der Waals surface area contributed by atoms with Crippen LogP contribution < -0.4 is 5.32 Å². The van der Waals surface area contributed by atoms with Crippen LogP contribution in [0.1, 0.15) is 41.9 Å². The molecule has 1 aromatic heterocycles. The minimum atomic E-state index is -0.992. The van der Waals surface area contributed by atoms with Gasteiger partial charge in [0, 0.05) is 22.9 Å². The monoisotopic (exact) mass is 281 g/mol. The van der Waals surface area contributed by atoms with E-state index in [1.165, 1.54) is 17.4 Å². The molecule has 0 aliphatic carbocycles. The van der Waals surface area contributed by atoms with Crippen LogP contribution in [0.4, 0.5) is 0 Å². The van der Waals surface area contributed by atoms with Crippen molar-refractivity contribution in [1.29, 1.82) is 0 Å². The van der Waals surface area contributed by atoms with Crippen LogP contribution in [-0.4, -0.2) is 23.5 Å². The smallest absolute Gasteiger partial charge is 0.328 e. The summed E-state index contributed by atoms with van der Waals surface area (Å²) in [4.78, 5) is 23.0. The van der Waals surface area contributed by atoms with Gasteiger partial charge in [0.2, 0.25) is 0 Å². The molecule has 0 saturated heterocycles. The van der Waals surface area contributed by atoms with Crippen LogP contribution in [0.3, 0.4) is 0 Å². The highest BCUT2D eigenvalue weighted by atomic mass is 32.1. The predicted octanol–water partition coefficient (Wildman–Crippen LogP) is 3.01. The zero-order chi connectivity index (χ0) is 14.3. The molecule has 1 heterocycles. The molecular formula is C14H19NO3S. The Bertz CT molecular complexity index is 461. The van der Waals surface area contributed by atoms with Gasteiger partial charge in [0.15, 0.2) is 0 Å². The molecule has 1 aromatic rings. The molecular weight excluding hydrogens is 262 g/mol. The lowest BCUT2D eigenvalue weighted by atomic mass is 10.0. The zero-order valence-corrected chi connectivity index (χ0v) is 12.0. The van der Waals surface area contributed by atoms with E-state index in [1.54, 1.807) is 11.4 Å². The van der Waals surface area contributed by atoms with E-state index >= 15 is 0 Å². The van der Waals surface area contributed by atoms with E-state index in [0.717, 1.165) is 23.8 Å². The fourth-order valence-corrected chi connectivity index (χ4v) is 2.41. The van der Waals surface area contributed by atoms with Crippen LogP contribution in [0.25, 0.3) is 6.08 Å². The first kappa shape index (κ1) is 15.4. The second kappa shape index (κ2) is 7.74. The quantitative estimate of drug-likeness (QED) is 0.755. The summed E-state index contributed by atoms with van der Waals surface area (Å²) in [6.07, 6.45) is 4.66. The topological polar surface area (TPSA) is 66.4 Å². The Morgan fingerprint density at radius 3 is 2.68 bits per heavy atom. The first-order chi connectivity index (χ1) is 9.06. The molecule has 0 aromatic carbocycles. The largest absolute Gasteiger partial charge is 0.478 e. The summed E-state index contributed by atoms with van der Waals surface area (Å²) >= 11 is 1.35. The molecule has 0 spiro atoms. The van der Waals surface area contributed by atoms with Gasteiger partial charge in [0.05, 0.1) is 5.56 Å². The molecule has 0 fully saturated rings. The Morgan fingerprint density at radius 2 is 2.11 bits per heavy atom. The van der Waals surface area contributed by atoms with Gasteiger partial charge < -0.3 is 10.4 Å². The lowest BCUT2D eigenvalue weighted by Crippen LogP contribution is -2.28. The molecule has 0 bridgehead atoms. The van der Waals surface area contributed by atoms with Gasteiger partial charge in [-0.25, -0.2) is 4.79 Å². The van der Waals surface area contributed by atoms with Crippen molar-refractivity contribution in [1.82, 2.24) is 5.32 Å². The highest BCUT2D eigenvalue weighted by Gasteiger charge is 2.10. The fourth-order valence-electron chi connectivity index (χ4n) is 1.63. The molecule has 4 nitrogen and oxygen atoms in total. The Kier molecular flexibility index (Phi) is 6.29. The SMILES string of the molecule is CCC(CC)CNC(=O)c1csc(/C=C/C(=O)O)c1. The van der Waals surface area contributed by atoms with E-state index in [9.17, 15) is 9.59 Å². The molecule has 104 valence electrons. The molecule has 0 aliphatic heterocycles. The molecule has 0 atom stereocenters. The van der Waals surface area contributed by atoms with Crippen molar-refractivity contribution in [2.75, 3.05) is 6.54 Å². The third kappa shape index (κ3) is 5.26. The Balaban J connectivity index is 2.56. The number of rotatable bonds is 7. The zero-order valence-electron chi connectivity index (χ0n) is 11.2. The summed E-state index contributed by atoms with van der Waals surface area (Å²) in [6.45, 7) is 4.90. The third-order valence-electron chi connectivity index (χ3n) is 2.98. The second-order valence-corrected chi connectivity index (χ2v) is 5.24. The Morgan fingerprint density at radius 1 is 1.42 bits per heavy atom. The van der Waals surface area contributed by atoms with Crippen LogP contribution >= 0.6 is 11.3 Å². The van der Waals surface area contributed by atoms with E-state index in [1.807, 2.05) is 0 Å². The van der Waals surface area contributed by atoms with Gasteiger partial charge in [-0.05, 0) is 18.1 Å². The van der Waals surface area contributed by atoms with Gasteiger partial charge in [0.1, 0.15) is 0 Å². The normalized spacial score (nSPS) is 11.1. The van der Waals surface area contributed by atoms with Crippen molar-refractivity contribution in [2.45, 2.75) is 26.7 Å². The van der Waals surface area contributed by atoms with Crippen molar-refractivity contribution in [3.63, 3.8) is 0 Å². The molecule has 19 heavy (non-hydrogen) atoms. The van der Waals surface area contributed by atoms with Crippen LogP contribution in [0, 0.1) is 5.92 Å². The molecule has 0 radical (unpaired) electrons. The number of nitrogens with one attached hydrogen (secondary N) is 1. The molecule has 0 aliphatic rings. The standard InChI is InChI=1S/C14H19NO3S/c1-3-10(4-2)8-15-14(18)11-7-12(19-9-11)5-6-13(16)17/h5-7,9-10H,3-4,8H2,1-2H3,(H,15,18)(H,16,17)/b6-5+. The van der Waals surface area contributed by atoms with Crippen molar-refractivity contribution in [3.05, 3.63) is 28.0 Å². The summed E-state index contributed by atoms with van der Waals surface area (Å²) in [7, 11) is 0. The van der Waals surface area contributed by atoms with Gasteiger partial charge in [-0.15, -0.1) is 11.3 Å². The van der Waals surface area contributed by atoms with E-state index < -0.39 is 5.97 Å².